The molecule has 0 amide bonds. The van der Waals surface area contributed by atoms with E-state index in [9.17, 15) is 0 Å². The van der Waals surface area contributed by atoms with Crippen LogP contribution in [0.1, 0.15) is 76.8 Å². The Morgan fingerprint density at radius 2 is 1.68 bits per heavy atom. The standard InChI is InChI=1S/C22H31BO2/c1-21(2)22(3,4)25-23(24-21)19-7-8-20-17-10-14-5-6-15(11-18(20)13-19)16(9-14)12-17/h7-8,13-17H,5-6,9-12H2,1-4H3. The molecule has 4 unspecified atom stereocenters. The van der Waals surface area contributed by atoms with Crippen molar-refractivity contribution in [2.24, 2.45) is 17.8 Å². The molecule has 4 aliphatic rings. The van der Waals surface area contributed by atoms with Crippen molar-refractivity contribution in [3.8, 4) is 0 Å². The first-order chi connectivity index (χ1) is 11.8. The minimum atomic E-state index is -0.264. The number of fused-ring (bicyclic) bond motifs is 4. The molecule has 5 rings (SSSR count). The summed E-state index contributed by atoms with van der Waals surface area (Å²) in [5.41, 5.74) is 3.91. The fourth-order valence-electron chi connectivity index (χ4n) is 5.92. The Balaban J connectivity index is 1.49. The van der Waals surface area contributed by atoms with E-state index in [-0.39, 0.29) is 18.3 Å². The Hall–Kier alpha value is -0.795. The van der Waals surface area contributed by atoms with Gasteiger partial charge in [0.2, 0.25) is 0 Å². The third kappa shape index (κ3) is 2.53. The van der Waals surface area contributed by atoms with Crippen molar-refractivity contribution in [1.82, 2.24) is 0 Å². The number of rotatable bonds is 1. The molecule has 2 saturated carbocycles. The molecule has 1 saturated heterocycles. The average molecular weight is 338 g/mol. The molecule has 3 fully saturated rings. The highest BCUT2D eigenvalue weighted by molar-refractivity contribution is 6.62. The van der Waals surface area contributed by atoms with Gasteiger partial charge in [0.15, 0.2) is 0 Å². The lowest BCUT2D eigenvalue weighted by atomic mass is 9.64. The summed E-state index contributed by atoms with van der Waals surface area (Å²) in [5.74, 6) is 3.68. The zero-order valence-electron chi connectivity index (χ0n) is 16.2. The highest BCUT2D eigenvalue weighted by Gasteiger charge is 2.52. The van der Waals surface area contributed by atoms with Crippen molar-refractivity contribution in [3.05, 3.63) is 29.3 Å². The Labute approximate surface area is 152 Å². The summed E-state index contributed by atoms with van der Waals surface area (Å²) < 4.78 is 12.6. The highest BCUT2D eigenvalue weighted by Crippen LogP contribution is 2.52. The zero-order valence-corrected chi connectivity index (χ0v) is 16.2. The second-order valence-corrected chi connectivity index (χ2v) is 10.1. The Morgan fingerprint density at radius 1 is 0.920 bits per heavy atom. The third-order valence-corrected chi connectivity index (χ3v) is 8.07. The van der Waals surface area contributed by atoms with E-state index in [2.05, 4.69) is 45.9 Å². The predicted octanol–water partition coefficient (Wildman–Crippen LogP) is 4.45. The minimum absolute atomic E-state index is 0.228. The van der Waals surface area contributed by atoms with Crippen LogP contribution in [-0.4, -0.2) is 18.3 Å². The lowest BCUT2D eigenvalue weighted by Gasteiger charge is -2.41. The molecule has 134 valence electrons. The van der Waals surface area contributed by atoms with Gasteiger partial charge in [0.1, 0.15) is 0 Å². The third-order valence-electron chi connectivity index (χ3n) is 8.07. The van der Waals surface area contributed by atoms with Gasteiger partial charge in [-0.2, -0.15) is 0 Å². The first kappa shape index (κ1) is 16.4. The number of hydrogen-bond acceptors (Lipinski definition) is 2. The first-order valence-corrected chi connectivity index (χ1v) is 10.3. The van der Waals surface area contributed by atoms with Gasteiger partial charge in [0.25, 0.3) is 0 Å². The summed E-state index contributed by atoms with van der Waals surface area (Å²) in [4.78, 5) is 0. The average Bonchev–Trinajstić information content (AvgIpc) is 2.74. The fraction of sp³-hybridized carbons (Fsp3) is 0.727. The van der Waals surface area contributed by atoms with E-state index in [0.29, 0.717) is 0 Å². The van der Waals surface area contributed by atoms with Crippen LogP contribution in [0.5, 0.6) is 0 Å². The molecule has 4 atom stereocenters. The van der Waals surface area contributed by atoms with Crippen molar-refractivity contribution in [3.63, 3.8) is 0 Å². The molecular weight excluding hydrogens is 307 g/mol. The van der Waals surface area contributed by atoms with E-state index in [1.54, 1.807) is 11.1 Å². The molecule has 25 heavy (non-hydrogen) atoms. The van der Waals surface area contributed by atoms with E-state index in [0.717, 1.165) is 23.7 Å². The van der Waals surface area contributed by atoms with Gasteiger partial charge in [-0.05, 0) is 100 Å². The molecule has 3 bridgehead atoms. The molecule has 1 aromatic carbocycles. The number of benzene rings is 1. The molecule has 1 aromatic rings. The van der Waals surface area contributed by atoms with Crippen molar-refractivity contribution >= 4 is 12.6 Å². The molecule has 0 N–H and O–H groups in total. The molecule has 0 spiro atoms. The highest BCUT2D eigenvalue weighted by atomic mass is 16.7. The van der Waals surface area contributed by atoms with Crippen LogP contribution in [0.3, 0.4) is 0 Å². The monoisotopic (exact) mass is 338 g/mol. The van der Waals surface area contributed by atoms with Crippen LogP contribution in [0, 0.1) is 17.8 Å². The molecule has 0 aromatic heterocycles. The molecule has 3 aliphatic carbocycles. The van der Waals surface area contributed by atoms with Crippen molar-refractivity contribution in [2.45, 2.75) is 83.3 Å². The van der Waals surface area contributed by atoms with Crippen LogP contribution in [0.4, 0.5) is 0 Å². The SMILES string of the molecule is CC1(C)OB(c2ccc3c(c2)CC2CCC4CC3CC2C4)OC1(C)C. The van der Waals surface area contributed by atoms with Crippen LogP contribution in [-0.2, 0) is 15.7 Å². The van der Waals surface area contributed by atoms with Gasteiger partial charge in [-0.1, -0.05) is 24.6 Å². The van der Waals surface area contributed by atoms with Gasteiger partial charge in [0.05, 0.1) is 11.2 Å². The molecular formula is C22H31BO2. The lowest BCUT2D eigenvalue weighted by molar-refractivity contribution is 0.00578. The topological polar surface area (TPSA) is 18.5 Å². The predicted molar refractivity (Wildman–Crippen MR) is 102 cm³/mol. The Kier molecular flexibility index (Phi) is 3.51. The zero-order chi connectivity index (χ0) is 17.4. The van der Waals surface area contributed by atoms with Crippen LogP contribution in [0.2, 0.25) is 0 Å². The Bertz CT molecular complexity index is 679. The van der Waals surface area contributed by atoms with E-state index < -0.39 is 0 Å². The maximum absolute atomic E-state index is 6.30. The van der Waals surface area contributed by atoms with Gasteiger partial charge in [-0.25, -0.2) is 0 Å². The van der Waals surface area contributed by atoms with Gasteiger partial charge in [-0.15, -0.1) is 0 Å². The smallest absolute Gasteiger partial charge is 0.399 e. The van der Waals surface area contributed by atoms with Crippen LogP contribution in [0.15, 0.2) is 18.2 Å². The summed E-state index contributed by atoms with van der Waals surface area (Å²) >= 11 is 0. The summed E-state index contributed by atoms with van der Waals surface area (Å²) in [6.07, 6.45) is 8.55. The van der Waals surface area contributed by atoms with Gasteiger partial charge < -0.3 is 9.31 Å². The van der Waals surface area contributed by atoms with Gasteiger partial charge >= 0.3 is 7.12 Å². The maximum Gasteiger partial charge on any atom is 0.494 e. The lowest BCUT2D eigenvalue weighted by Crippen LogP contribution is -2.41. The van der Waals surface area contributed by atoms with Crippen molar-refractivity contribution < 1.29 is 9.31 Å². The number of hydrogen-bond donors (Lipinski definition) is 0. The van der Waals surface area contributed by atoms with Crippen LogP contribution < -0.4 is 5.46 Å². The van der Waals surface area contributed by atoms with E-state index in [4.69, 9.17) is 9.31 Å². The minimum Gasteiger partial charge on any atom is -0.399 e. The molecule has 2 nitrogen and oxygen atoms in total. The van der Waals surface area contributed by atoms with Crippen LogP contribution >= 0.6 is 0 Å². The van der Waals surface area contributed by atoms with E-state index >= 15 is 0 Å². The van der Waals surface area contributed by atoms with E-state index in [1.165, 1.54) is 44.0 Å². The first-order valence-electron chi connectivity index (χ1n) is 10.3. The summed E-state index contributed by atoms with van der Waals surface area (Å²) in [6, 6.07) is 7.11. The summed E-state index contributed by atoms with van der Waals surface area (Å²) in [6.45, 7) is 8.55. The van der Waals surface area contributed by atoms with Gasteiger partial charge in [-0.3, -0.25) is 0 Å². The van der Waals surface area contributed by atoms with E-state index in [1.807, 2.05) is 0 Å². The van der Waals surface area contributed by atoms with Crippen LogP contribution in [0.25, 0.3) is 0 Å². The quantitative estimate of drug-likeness (QED) is 0.704. The summed E-state index contributed by atoms with van der Waals surface area (Å²) in [7, 11) is -0.228. The molecule has 0 radical (unpaired) electrons. The normalized spacial score (nSPS) is 37.7. The second kappa shape index (κ2) is 5.36. The maximum atomic E-state index is 6.30. The Morgan fingerprint density at radius 3 is 2.44 bits per heavy atom. The fourth-order valence-corrected chi connectivity index (χ4v) is 5.92. The second-order valence-electron chi connectivity index (χ2n) is 10.1. The largest absolute Gasteiger partial charge is 0.494 e. The molecule has 3 heteroatoms. The van der Waals surface area contributed by atoms with Crippen molar-refractivity contribution in [2.75, 3.05) is 0 Å². The summed E-state index contributed by atoms with van der Waals surface area (Å²) in [5, 5.41) is 0. The van der Waals surface area contributed by atoms with Crippen molar-refractivity contribution in [1.29, 1.82) is 0 Å². The molecule has 1 aliphatic heterocycles. The van der Waals surface area contributed by atoms with Gasteiger partial charge in [0, 0.05) is 0 Å². The molecule has 1 heterocycles.